The van der Waals surface area contributed by atoms with E-state index in [0.29, 0.717) is 35.7 Å². The van der Waals surface area contributed by atoms with E-state index >= 15 is 0 Å². The van der Waals surface area contributed by atoms with E-state index in [4.69, 9.17) is 9.47 Å². The number of nitrogens with zero attached hydrogens (tertiary/aromatic N) is 3. The van der Waals surface area contributed by atoms with Crippen LogP contribution < -0.4 is 19.7 Å². The fourth-order valence-corrected chi connectivity index (χ4v) is 5.67. The van der Waals surface area contributed by atoms with Gasteiger partial charge in [0.1, 0.15) is 23.6 Å². The van der Waals surface area contributed by atoms with Gasteiger partial charge in [-0.2, -0.15) is 0 Å². The van der Waals surface area contributed by atoms with Crippen LogP contribution in [0, 0.1) is 0 Å². The molecule has 1 aromatic heterocycles. The van der Waals surface area contributed by atoms with Crippen LogP contribution in [0.2, 0.25) is 0 Å². The molecule has 1 saturated carbocycles. The molecule has 2 aliphatic rings. The van der Waals surface area contributed by atoms with Gasteiger partial charge in [-0.15, -0.1) is 0 Å². The number of pyridine rings is 1. The molecule has 1 aliphatic carbocycles. The molecule has 0 bridgehead atoms. The number of ketones is 1. The number of ether oxygens (including phenoxy) is 2. The Hall–Kier alpha value is -4.73. The first kappa shape index (κ1) is 27.8. The molecule has 0 saturated heterocycles. The molecular weight excluding hydrogens is 524 g/mol. The third kappa shape index (κ3) is 5.37. The van der Waals surface area contributed by atoms with E-state index in [2.05, 4.69) is 10.3 Å². The zero-order valence-corrected chi connectivity index (χ0v) is 23.1. The lowest BCUT2D eigenvalue weighted by Gasteiger charge is -2.45. The molecule has 1 fully saturated rings. The van der Waals surface area contributed by atoms with E-state index in [9.17, 15) is 19.2 Å². The minimum atomic E-state index is -1.21. The molecule has 2 aromatic carbocycles. The highest BCUT2D eigenvalue weighted by atomic mass is 16.5. The third-order valence-electron chi connectivity index (χ3n) is 7.81. The summed E-state index contributed by atoms with van der Waals surface area (Å²) in [5, 5.41) is 3.01. The number of rotatable bonds is 9. The normalized spacial score (nSPS) is 15.7. The topological polar surface area (TPSA) is 118 Å². The number of Topliss-reactive ketones (excluding diaryl/α,β-unsaturated/α-hetero) is 1. The number of amides is 3. The molecule has 2 heterocycles. The van der Waals surface area contributed by atoms with Crippen LogP contribution >= 0.6 is 0 Å². The fraction of sp³-hybridized carbons (Fsp3) is 0.323. The van der Waals surface area contributed by atoms with Gasteiger partial charge >= 0.3 is 0 Å². The Morgan fingerprint density at radius 3 is 2.49 bits per heavy atom. The van der Waals surface area contributed by atoms with E-state index in [1.807, 2.05) is 6.07 Å². The molecule has 10 heteroatoms. The monoisotopic (exact) mass is 556 g/mol. The van der Waals surface area contributed by atoms with Gasteiger partial charge in [-0.3, -0.25) is 29.1 Å². The van der Waals surface area contributed by atoms with E-state index < -0.39 is 23.1 Å². The van der Waals surface area contributed by atoms with Crippen molar-refractivity contribution in [2.75, 3.05) is 31.0 Å². The first-order chi connectivity index (χ1) is 19.9. The summed E-state index contributed by atoms with van der Waals surface area (Å²) in [4.78, 5) is 61.0. The highest BCUT2D eigenvalue weighted by Crippen LogP contribution is 2.38. The summed E-state index contributed by atoms with van der Waals surface area (Å²) in [7, 11) is 3.05. The second-order valence-electron chi connectivity index (χ2n) is 10.2. The summed E-state index contributed by atoms with van der Waals surface area (Å²) >= 11 is 0. The summed E-state index contributed by atoms with van der Waals surface area (Å²) in [6.45, 7) is -0.264. The summed E-state index contributed by atoms with van der Waals surface area (Å²) in [6.07, 6.45) is 6.59. The van der Waals surface area contributed by atoms with Crippen molar-refractivity contribution >= 4 is 34.9 Å². The lowest BCUT2D eigenvalue weighted by atomic mass is 9.78. The molecule has 10 nitrogen and oxygen atoms in total. The van der Waals surface area contributed by atoms with Crippen LogP contribution in [0.25, 0.3) is 0 Å². The summed E-state index contributed by atoms with van der Waals surface area (Å²) in [5.41, 5.74) is 0.641. The quantitative estimate of drug-likeness (QED) is 0.396. The van der Waals surface area contributed by atoms with Crippen molar-refractivity contribution in [1.29, 1.82) is 0 Å². The molecule has 41 heavy (non-hydrogen) atoms. The zero-order chi connectivity index (χ0) is 29.0. The first-order valence-corrected chi connectivity index (χ1v) is 13.6. The van der Waals surface area contributed by atoms with Gasteiger partial charge in [-0.05, 0) is 48.7 Å². The molecular formula is C31H32N4O6. The number of hydrogen-bond donors (Lipinski definition) is 1. The van der Waals surface area contributed by atoms with E-state index in [1.165, 1.54) is 12.0 Å². The minimum absolute atomic E-state index is 0.109. The Bertz CT molecular complexity index is 1470. The summed E-state index contributed by atoms with van der Waals surface area (Å²) in [6, 6.07) is 15.3. The predicted octanol–water partition coefficient (Wildman–Crippen LogP) is 4.00. The van der Waals surface area contributed by atoms with Gasteiger partial charge in [0.25, 0.3) is 11.7 Å². The number of methoxy groups -OCH3 is 2. The van der Waals surface area contributed by atoms with Crippen molar-refractivity contribution in [2.45, 2.75) is 44.2 Å². The fourth-order valence-electron chi connectivity index (χ4n) is 5.67. The maximum Gasteiger partial charge on any atom is 0.299 e. The van der Waals surface area contributed by atoms with Gasteiger partial charge in [0.05, 0.1) is 31.2 Å². The van der Waals surface area contributed by atoms with Crippen molar-refractivity contribution in [1.82, 2.24) is 9.88 Å². The van der Waals surface area contributed by atoms with Crippen molar-refractivity contribution in [3.63, 3.8) is 0 Å². The standard InChI is InChI=1S/C31H32N4O6/c1-40-22-12-13-24(26(17-22)41-2)33-30(39)31(14-6-3-7-15-31)35(19-21-9-8-16-32-18-21)27(36)20-34-25-11-5-4-10-23(25)28(37)29(34)38/h4-5,8-13,16-18H,3,6-7,14-15,19-20H2,1-2H3,(H,33,39). The molecule has 3 amide bonds. The van der Waals surface area contributed by atoms with Crippen LogP contribution in [0.1, 0.15) is 48.0 Å². The van der Waals surface area contributed by atoms with Crippen LogP contribution in [-0.4, -0.2) is 59.7 Å². The number of carbonyl (C=O) groups is 4. The lowest BCUT2D eigenvalue weighted by molar-refractivity contribution is -0.148. The molecule has 1 N–H and O–H groups in total. The Balaban J connectivity index is 1.52. The number of aromatic nitrogens is 1. The Morgan fingerprint density at radius 2 is 1.78 bits per heavy atom. The van der Waals surface area contributed by atoms with Crippen LogP contribution in [0.15, 0.2) is 67.0 Å². The summed E-state index contributed by atoms with van der Waals surface area (Å²) in [5.74, 6) is -1.19. The van der Waals surface area contributed by atoms with Gasteiger partial charge in [0, 0.05) is 25.0 Å². The highest BCUT2D eigenvalue weighted by Gasteiger charge is 2.48. The van der Waals surface area contributed by atoms with Gasteiger partial charge in [-0.1, -0.05) is 37.5 Å². The smallest absolute Gasteiger partial charge is 0.299 e. The number of anilines is 2. The SMILES string of the molecule is COc1ccc(NC(=O)C2(N(Cc3cccnc3)C(=O)CN3C(=O)C(=O)c4ccccc43)CCCCC2)c(OC)c1. The third-order valence-corrected chi connectivity index (χ3v) is 7.81. The average Bonchev–Trinajstić information content (AvgIpc) is 3.25. The van der Waals surface area contributed by atoms with Gasteiger partial charge in [-0.25, -0.2) is 0 Å². The van der Waals surface area contributed by atoms with Gasteiger partial charge < -0.3 is 19.7 Å². The summed E-state index contributed by atoms with van der Waals surface area (Å²) < 4.78 is 10.8. The molecule has 5 rings (SSSR count). The molecule has 0 radical (unpaired) electrons. The zero-order valence-electron chi connectivity index (χ0n) is 23.1. The van der Waals surface area contributed by atoms with Crippen LogP contribution in [0.3, 0.4) is 0 Å². The lowest BCUT2D eigenvalue weighted by Crippen LogP contribution is -2.61. The largest absolute Gasteiger partial charge is 0.497 e. The Kier molecular flexibility index (Phi) is 8.00. The number of para-hydroxylation sites is 1. The maximum atomic E-state index is 14.3. The molecule has 212 valence electrons. The van der Waals surface area contributed by atoms with Crippen molar-refractivity contribution in [3.05, 3.63) is 78.1 Å². The van der Waals surface area contributed by atoms with E-state index in [0.717, 1.165) is 24.8 Å². The number of carbonyl (C=O) groups excluding carboxylic acids is 4. The Labute approximate surface area is 238 Å². The van der Waals surface area contributed by atoms with Crippen LogP contribution in [0.4, 0.5) is 11.4 Å². The van der Waals surface area contributed by atoms with Crippen LogP contribution in [0.5, 0.6) is 11.5 Å². The molecule has 0 spiro atoms. The second-order valence-corrected chi connectivity index (χ2v) is 10.2. The van der Waals surface area contributed by atoms with E-state index in [-0.39, 0.29) is 24.6 Å². The second kappa shape index (κ2) is 11.8. The van der Waals surface area contributed by atoms with Gasteiger partial charge in [0.15, 0.2) is 0 Å². The minimum Gasteiger partial charge on any atom is -0.497 e. The number of fused-ring (bicyclic) bond motifs is 1. The molecule has 1 aliphatic heterocycles. The van der Waals surface area contributed by atoms with Crippen molar-refractivity contribution in [2.24, 2.45) is 0 Å². The number of benzene rings is 2. The van der Waals surface area contributed by atoms with E-state index in [1.54, 1.807) is 72.9 Å². The van der Waals surface area contributed by atoms with Crippen molar-refractivity contribution in [3.8, 4) is 11.5 Å². The predicted molar refractivity (Wildman–Crippen MR) is 152 cm³/mol. The maximum absolute atomic E-state index is 14.3. The number of hydrogen-bond acceptors (Lipinski definition) is 7. The van der Waals surface area contributed by atoms with Gasteiger partial charge in [0.2, 0.25) is 11.8 Å². The molecule has 3 aromatic rings. The Morgan fingerprint density at radius 1 is 1.00 bits per heavy atom. The van der Waals surface area contributed by atoms with Crippen molar-refractivity contribution < 1.29 is 28.7 Å². The highest BCUT2D eigenvalue weighted by molar-refractivity contribution is 6.52. The average molecular weight is 557 g/mol. The van der Waals surface area contributed by atoms with Crippen LogP contribution in [-0.2, 0) is 20.9 Å². The molecule has 0 atom stereocenters. The first-order valence-electron chi connectivity index (χ1n) is 13.6. The number of nitrogens with one attached hydrogen (secondary N) is 1. The molecule has 0 unspecified atom stereocenters.